The van der Waals surface area contributed by atoms with E-state index in [1.165, 1.54) is 19.4 Å². The fourth-order valence-electron chi connectivity index (χ4n) is 1.68. The molecule has 0 radical (unpaired) electrons. The van der Waals surface area contributed by atoms with Gasteiger partial charge in [-0.1, -0.05) is 0 Å². The van der Waals surface area contributed by atoms with Crippen molar-refractivity contribution in [2.24, 2.45) is 0 Å². The van der Waals surface area contributed by atoms with Crippen molar-refractivity contribution in [1.29, 1.82) is 0 Å². The highest BCUT2D eigenvalue weighted by Gasteiger charge is 2.12. The van der Waals surface area contributed by atoms with E-state index in [9.17, 15) is 0 Å². The molecule has 1 saturated heterocycles. The Morgan fingerprint density at radius 2 is 2.09 bits per heavy atom. The van der Waals surface area contributed by atoms with Gasteiger partial charge in [-0.05, 0) is 31.5 Å². The quantitative estimate of drug-likeness (QED) is 0.640. The number of hydrogen-bond donors (Lipinski definition) is 1. The van der Waals surface area contributed by atoms with Crippen LogP contribution in [0.25, 0.3) is 0 Å². The van der Waals surface area contributed by atoms with Crippen molar-refractivity contribution >= 4 is 0 Å². The predicted octanol–water partition coefficient (Wildman–Crippen LogP) is 1.41. The Hall–Kier alpha value is -0.760. The topological polar surface area (TPSA) is 17.0 Å². The monoisotopic (exact) mass is 150 g/mol. The van der Waals surface area contributed by atoms with Gasteiger partial charge in [0.2, 0.25) is 0 Å². The normalized spacial score (nSPS) is 25.3. The number of nitrogens with zero attached hydrogens (tertiary/aromatic N) is 1. The van der Waals surface area contributed by atoms with E-state index in [2.05, 4.69) is 34.4 Å². The smallest absolute Gasteiger partial charge is 0.0455 e. The van der Waals surface area contributed by atoms with Gasteiger partial charge in [0.15, 0.2) is 0 Å². The largest absolute Gasteiger partial charge is 0.350 e. The lowest BCUT2D eigenvalue weighted by Gasteiger charge is -2.24. The average Bonchev–Trinajstić information content (AvgIpc) is 2.58. The SMILES string of the molecule is c1ccn([C@H]2CCCNC2)c1. The summed E-state index contributed by atoms with van der Waals surface area (Å²) < 4.78 is 2.30. The zero-order chi connectivity index (χ0) is 7.52. The number of nitrogens with one attached hydrogen (secondary N) is 1. The Morgan fingerprint density at radius 1 is 1.27 bits per heavy atom. The molecule has 11 heavy (non-hydrogen) atoms. The van der Waals surface area contributed by atoms with Crippen LogP contribution >= 0.6 is 0 Å². The van der Waals surface area contributed by atoms with Crippen LogP contribution in [0.2, 0.25) is 0 Å². The van der Waals surface area contributed by atoms with Gasteiger partial charge in [-0.3, -0.25) is 0 Å². The standard InChI is InChI=1S/C9H14N2/c1-2-7-11(6-1)9-4-3-5-10-8-9/h1-2,6-7,9-10H,3-5,8H2/t9-/m0/s1. The summed E-state index contributed by atoms with van der Waals surface area (Å²) in [6, 6.07) is 4.88. The van der Waals surface area contributed by atoms with Crippen LogP contribution in [0, 0.1) is 0 Å². The van der Waals surface area contributed by atoms with Crippen molar-refractivity contribution in [2.45, 2.75) is 18.9 Å². The van der Waals surface area contributed by atoms with E-state index in [0.717, 1.165) is 6.54 Å². The Balaban J connectivity index is 2.04. The maximum Gasteiger partial charge on any atom is 0.0455 e. The van der Waals surface area contributed by atoms with Crippen molar-refractivity contribution < 1.29 is 0 Å². The second-order valence-electron chi connectivity index (χ2n) is 3.13. The molecule has 1 aromatic heterocycles. The fourth-order valence-corrected chi connectivity index (χ4v) is 1.68. The first-order valence-electron chi connectivity index (χ1n) is 4.30. The summed E-state index contributed by atoms with van der Waals surface area (Å²) in [4.78, 5) is 0. The molecular weight excluding hydrogens is 136 g/mol. The maximum absolute atomic E-state index is 3.40. The third-order valence-electron chi connectivity index (χ3n) is 2.32. The summed E-state index contributed by atoms with van der Waals surface area (Å²) in [5, 5.41) is 3.40. The Labute approximate surface area is 67.2 Å². The van der Waals surface area contributed by atoms with Gasteiger partial charge in [-0.25, -0.2) is 0 Å². The molecule has 1 fully saturated rings. The van der Waals surface area contributed by atoms with E-state index in [-0.39, 0.29) is 0 Å². The Bertz CT molecular complexity index is 197. The summed E-state index contributed by atoms with van der Waals surface area (Å²) in [6.07, 6.45) is 6.93. The first-order chi connectivity index (χ1) is 5.47. The molecule has 1 aliphatic heterocycles. The number of piperidine rings is 1. The van der Waals surface area contributed by atoms with Crippen LogP contribution in [0.3, 0.4) is 0 Å². The molecule has 1 aromatic rings. The van der Waals surface area contributed by atoms with Gasteiger partial charge in [0.1, 0.15) is 0 Å². The first-order valence-corrected chi connectivity index (χ1v) is 4.30. The van der Waals surface area contributed by atoms with Crippen molar-refractivity contribution in [3.8, 4) is 0 Å². The summed E-state index contributed by atoms with van der Waals surface area (Å²) in [7, 11) is 0. The van der Waals surface area contributed by atoms with Crippen LogP contribution in [0.15, 0.2) is 24.5 Å². The van der Waals surface area contributed by atoms with Crippen LogP contribution in [0.4, 0.5) is 0 Å². The molecule has 0 aromatic carbocycles. The third-order valence-corrected chi connectivity index (χ3v) is 2.32. The average molecular weight is 150 g/mol. The minimum Gasteiger partial charge on any atom is -0.350 e. The van der Waals surface area contributed by atoms with Crippen molar-refractivity contribution in [1.82, 2.24) is 9.88 Å². The first kappa shape index (κ1) is 6.92. The van der Waals surface area contributed by atoms with E-state index in [4.69, 9.17) is 0 Å². The molecule has 60 valence electrons. The van der Waals surface area contributed by atoms with Crippen molar-refractivity contribution in [2.75, 3.05) is 13.1 Å². The third kappa shape index (κ3) is 1.46. The van der Waals surface area contributed by atoms with E-state index in [1.54, 1.807) is 0 Å². The van der Waals surface area contributed by atoms with E-state index < -0.39 is 0 Å². The van der Waals surface area contributed by atoms with Gasteiger partial charge in [0, 0.05) is 25.0 Å². The zero-order valence-electron chi connectivity index (χ0n) is 6.66. The summed E-state index contributed by atoms with van der Waals surface area (Å²) >= 11 is 0. The summed E-state index contributed by atoms with van der Waals surface area (Å²) in [5.74, 6) is 0. The molecule has 1 atom stereocenters. The zero-order valence-corrected chi connectivity index (χ0v) is 6.66. The van der Waals surface area contributed by atoms with Crippen LogP contribution < -0.4 is 5.32 Å². The molecule has 2 rings (SSSR count). The van der Waals surface area contributed by atoms with Crippen molar-refractivity contribution in [3.05, 3.63) is 24.5 Å². The van der Waals surface area contributed by atoms with Gasteiger partial charge in [-0.2, -0.15) is 0 Å². The lowest BCUT2D eigenvalue weighted by molar-refractivity contribution is 0.372. The molecule has 2 heteroatoms. The number of hydrogen-bond acceptors (Lipinski definition) is 1. The molecule has 2 nitrogen and oxygen atoms in total. The maximum atomic E-state index is 3.40. The molecule has 2 heterocycles. The van der Waals surface area contributed by atoms with Crippen LogP contribution in [0.1, 0.15) is 18.9 Å². The molecule has 0 aliphatic carbocycles. The molecule has 1 N–H and O–H groups in total. The van der Waals surface area contributed by atoms with Crippen LogP contribution in [0.5, 0.6) is 0 Å². The minimum atomic E-state index is 0.693. The van der Waals surface area contributed by atoms with Gasteiger partial charge in [0.25, 0.3) is 0 Å². The van der Waals surface area contributed by atoms with Crippen LogP contribution in [-0.4, -0.2) is 17.7 Å². The molecule has 0 bridgehead atoms. The van der Waals surface area contributed by atoms with E-state index in [0.29, 0.717) is 6.04 Å². The highest BCUT2D eigenvalue weighted by Crippen LogP contribution is 2.15. The van der Waals surface area contributed by atoms with Crippen LogP contribution in [-0.2, 0) is 0 Å². The molecular formula is C9H14N2. The highest BCUT2D eigenvalue weighted by molar-refractivity contribution is 4.94. The molecule has 0 unspecified atom stereocenters. The molecule has 0 amide bonds. The van der Waals surface area contributed by atoms with Gasteiger partial charge in [0.05, 0.1) is 0 Å². The predicted molar refractivity (Wildman–Crippen MR) is 45.6 cm³/mol. The lowest BCUT2D eigenvalue weighted by atomic mass is 10.1. The second-order valence-corrected chi connectivity index (χ2v) is 3.13. The van der Waals surface area contributed by atoms with Gasteiger partial charge >= 0.3 is 0 Å². The van der Waals surface area contributed by atoms with E-state index in [1.807, 2.05) is 0 Å². The molecule has 0 saturated carbocycles. The fraction of sp³-hybridized carbons (Fsp3) is 0.556. The summed E-state index contributed by atoms with van der Waals surface area (Å²) in [5.41, 5.74) is 0. The highest BCUT2D eigenvalue weighted by atomic mass is 15.0. The molecule has 0 spiro atoms. The van der Waals surface area contributed by atoms with E-state index >= 15 is 0 Å². The summed E-state index contributed by atoms with van der Waals surface area (Å²) in [6.45, 7) is 2.33. The number of rotatable bonds is 1. The Morgan fingerprint density at radius 3 is 2.73 bits per heavy atom. The number of aromatic nitrogens is 1. The van der Waals surface area contributed by atoms with Gasteiger partial charge < -0.3 is 9.88 Å². The lowest BCUT2D eigenvalue weighted by Crippen LogP contribution is -2.31. The van der Waals surface area contributed by atoms with Crippen molar-refractivity contribution in [3.63, 3.8) is 0 Å². The second kappa shape index (κ2) is 3.09. The van der Waals surface area contributed by atoms with Gasteiger partial charge in [-0.15, -0.1) is 0 Å². The Kier molecular flexibility index (Phi) is 1.95. The minimum absolute atomic E-state index is 0.693. The molecule has 1 aliphatic rings.